The van der Waals surface area contributed by atoms with E-state index in [1.54, 1.807) is 4.72 Å². The highest BCUT2D eigenvalue weighted by atomic mass is 35.5. The molecule has 0 bridgehead atoms. The molecular weight excluding hydrogens is 433 g/mol. The molecule has 1 aromatic carbocycles. The van der Waals surface area contributed by atoms with Crippen LogP contribution in [0.2, 0.25) is 5.02 Å². The molecule has 0 unspecified atom stereocenters. The van der Waals surface area contributed by atoms with Crippen molar-refractivity contribution < 1.29 is 31.1 Å². The van der Waals surface area contributed by atoms with Crippen LogP contribution in [-0.2, 0) is 16.2 Å². The van der Waals surface area contributed by atoms with Crippen LogP contribution in [-0.4, -0.2) is 32.2 Å². The van der Waals surface area contributed by atoms with E-state index in [9.17, 15) is 26.4 Å². The van der Waals surface area contributed by atoms with Crippen molar-refractivity contribution >= 4 is 27.5 Å². The van der Waals surface area contributed by atoms with Crippen molar-refractivity contribution in [3.8, 4) is 17.0 Å². The molecule has 0 spiro atoms. The fourth-order valence-corrected chi connectivity index (χ4v) is 3.00. The molecule has 0 aliphatic heterocycles. The number of alkyl halides is 3. The number of carbonyl (C=O) groups excluding carboxylic acids is 1. The Morgan fingerprint density at radius 3 is 2.45 bits per heavy atom. The van der Waals surface area contributed by atoms with E-state index in [4.69, 9.17) is 16.3 Å². The zero-order valence-corrected chi connectivity index (χ0v) is 17.2. The Labute approximate surface area is 171 Å². The molecule has 1 amide bonds. The molecule has 11 heteroatoms. The molecule has 1 aromatic heterocycles. The zero-order chi connectivity index (χ0) is 22.0. The highest BCUT2D eigenvalue weighted by molar-refractivity contribution is 7.89. The van der Waals surface area contributed by atoms with Crippen LogP contribution in [0.3, 0.4) is 0 Å². The second kappa shape index (κ2) is 8.58. The number of benzene rings is 1. The SMILES string of the molecule is CC(C)COc1ncc(-c2ccc(C(=O)NS(C)(=O)=O)cc2C(F)(F)F)cc1Cl. The average molecular weight is 451 g/mol. The van der Waals surface area contributed by atoms with Crippen molar-refractivity contribution in [3.63, 3.8) is 0 Å². The fraction of sp³-hybridized carbons (Fsp3) is 0.333. The van der Waals surface area contributed by atoms with Gasteiger partial charge in [-0.2, -0.15) is 13.2 Å². The summed E-state index contributed by atoms with van der Waals surface area (Å²) in [5, 5.41) is 0.0372. The van der Waals surface area contributed by atoms with Gasteiger partial charge >= 0.3 is 6.18 Å². The molecule has 158 valence electrons. The van der Waals surface area contributed by atoms with Gasteiger partial charge < -0.3 is 4.74 Å². The highest BCUT2D eigenvalue weighted by Crippen LogP contribution is 2.39. The van der Waals surface area contributed by atoms with E-state index < -0.39 is 33.2 Å². The summed E-state index contributed by atoms with van der Waals surface area (Å²) in [5.74, 6) is -0.866. The van der Waals surface area contributed by atoms with Crippen molar-refractivity contribution in [3.05, 3.63) is 46.6 Å². The number of halogens is 4. The van der Waals surface area contributed by atoms with Gasteiger partial charge in [-0.25, -0.2) is 18.1 Å². The van der Waals surface area contributed by atoms with Gasteiger partial charge in [0.2, 0.25) is 15.9 Å². The van der Waals surface area contributed by atoms with Gasteiger partial charge in [0.15, 0.2) is 0 Å². The van der Waals surface area contributed by atoms with Gasteiger partial charge in [-0.3, -0.25) is 4.79 Å². The van der Waals surface area contributed by atoms with E-state index in [0.29, 0.717) is 12.7 Å². The van der Waals surface area contributed by atoms with E-state index in [0.717, 1.165) is 18.4 Å². The van der Waals surface area contributed by atoms with Gasteiger partial charge in [-0.15, -0.1) is 0 Å². The number of aromatic nitrogens is 1. The third kappa shape index (κ3) is 6.33. The Bertz CT molecular complexity index is 1020. The summed E-state index contributed by atoms with van der Waals surface area (Å²) in [7, 11) is -3.93. The number of rotatable bonds is 6. The molecule has 0 fully saturated rings. The van der Waals surface area contributed by atoms with Gasteiger partial charge in [0.1, 0.15) is 5.02 Å². The maximum absolute atomic E-state index is 13.6. The lowest BCUT2D eigenvalue weighted by atomic mass is 9.98. The Hall–Kier alpha value is -2.33. The zero-order valence-electron chi connectivity index (χ0n) is 15.7. The van der Waals surface area contributed by atoms with Crippen LogP contribution in [0.1, 0.15) is 29.8 Å². The fourth-order valence-electron chi connectivity index (χ4n) is 2.32. The maximum atomic E-state index is 13.6. The van der Waals surface area contributed by atoms with E-state index in [-0.39, 0.29) is 27.9 Å². The molecule has 6 nitrogen and oxygen atoms in total. The third-order valence-electron chi connectivity index (χ3n) is 3.54. The van der Waals surface area contributed by atoms with Crippen LogP contribution in [0.15, 0.2) is 30.5 Å². The van der Waals surface area contributed by atoms with Crippen LogP contribution < -0.4 is 9.46 Å². The number of carbonyl (C=O) groups is 1. The van der Waals surface area contributed by atoms with Crippen molar-refractivity contribution in [2.45, 2.75) is 20.0 Å². The smallest absolute Gasteiger partial charge is 0.417 e. The summed E-state index contributed by atoms with van der Waals surface area (Å²) in [6.45, 7) is 4.17. The molecule has 1 heterocycles. The van der Waals surface area contributed by atoms with Crippen molar-refractivity contribution in [2.75, 3.05) is 12.9 Å². The van der Waals surface area contributed by atoms with Crippen molar-refractivity contribution in [1.29, 1.82) is 0 Å². The number of nitrogens with one attached hydrogen (secondary N) is 1. The van der Waals surface area contributed by atoms with Crippen molar-refractivity contribution in [1.82, 2.24) is 9.71 Å². The molecule has 2 rings (SSSR count). The molecule has 0 aliphatic carbocycles. The van der Waals surface area contributed by atoms with Crippen LogP contribution in [0.5, 0.6) is 5.88 Å². The van der Waals surface area contributed by atoms with E-state index in [1.165, 1.54) is 12.3 Å². The monoisotopic (exact) mass is 450 g/mol. The molecule has 0 saturated carbocycles. The van der Waals surface area contributed by atoms with Gasteiger partial charge in [0.25, 0.3) is 5.91 Å². The van der Waals surface area contributed by atoms with Crippen molar-refractivity contribution in [2.24, 2.45) is 5.92 Å². The first kappa shape index (κ1) is 23.0. The summed E-state index contributed by atoms with van der Waals surface area (Å²) in [4.78, 5) is 15.9. The van der Waals surface area contributed by atoms with Gasteiger partial charge in [0.05, 0.1) is 18.4 Å². The van der Waals surface area contributed by atoms with Crippen LogP contribution in [0.25, 0.3) is 11.1 Å². The molecule has 0 radical (unpaired) electrons. The third-order valence-corrected chi connectivity index (χ3v) is 4.36. The maximum Gasteiger partial charge on any atom is 0.417 e. The summed E-state index contributed by atoms with van der Waals surface area (Å²) in [5.41, 5.74) is -1.79. The summed E-state index contributed by atoms with van der Waals surface area (Å²) in [6.07, 6.45) is -2.90. The lowest BCUT2D eigenvalue weighted by Crippen LogP contribution is -2.29. The Kier molecular flexibility index (Phi) is 6.79. The van der Waals surface area contributed by atoms with Gasteiger partial charge in [-0.1, -0.05) is 31.5 Å². The first-order valence-electron chi connectivity index (χ1n) is 8.30. The Balaban J connectivity index is 2.47. The molecular formula is C18H18ClF3N2O4S. The molecule has 1 N–H and O–H groups in total. The minimum absolute atomic E-state index is 0.0372. The van der Waals surface area contributed by atoms with Crippen LogP contribution in [0.4, 0.5) is 13.2 Å². The molecule has 29 heavy (non-hydrogen) atoms. The molecule has 0 atom stereocenters. The topological polar surface area (TPSA) is 85.4 Å². The minimum atomic E-state index is -4.81. The predicted molar refractivity (Wildman–Crippen MR) is 102 cm³/mol. The highest BCUT2D eigenvalue weighted by Gasteiger charge is 2.35. The number of sulfonamides is 1. The average Bonchev–Trinajstić information content (AvgIpc) is 2.57. The number of pyridine rings is 1. The number of amides is 1. The Morgan fingerprint density at radius 2 is 1.93 bits per heavy atom. The summed E-state index contributed by atoms with van der Waals surface area (Å²) in [6, 6.07) is 4.00. The molecule has 0 aliphatic rings. The lowest BCUT2D eigenvalue weighted by molar-refractivity contribution is -0.137. The van der Waals surface area contributed by atoms with Crippen LogP contribution >= 0.6 is 11.6 Å². The van der Waals surface area contributed by atoms with E-state index in [1.807, 2.05) is 13.8 Å². The summed E-state index contributed by atoms with van der Waals surface area (Å²) >= 11 is 6.08. The van der Waals surface area contributed by atoms with Gasteiger partial charge in [-0.05, 0) is 29.7 Å². The largest absolute Gasteiger partial charge is 0.476 e. The summed E-state index contributed by atoms with van der Waals surface area (Å²) < 4.78 is 70.1. The molecule has 2 aromatic rings. The van der Waals surface area contributed by atoms with Crippen LogP contribution in [0, 0.1) is 5.92 Å². The normalized spacial score (nSPS) is 12.1. The quantitative estimate of drug-likeness (QED) is 0.714. The first-order valence-corrected chi connectivity index (χ1v) is 10.6. The number of hydrogen-bond donors (Lipinski definition) is 1. The number of ether oxygens (including phenoxy) is 1. The molecule has 0 saturated heterocycles. The predicted octanol–water partition coefficient (Wildman–Crippen LogP) is 4.15. The van der Waals surface area contributed by atoms with E-state index in [2.05, 4.69) is 4.98 Å². The second-order valence-corrected chi connectivity index (χ2v) is 8.83. The minimum Gasteiger partial charge on any atom is -0.476 e. The second-order valence-electron chi connectivity index (χ2n) is 6.68. The van der Waals surface area contributed by atoms with Gasteiger partial charge in [0, 0.05) is 17.3 Å². The Morgan fingerprint density at radius 1 is 1.28 bits per heavy atom. The van der Waals surface area contributed by atoms with E-state index >= 15 is 0 Å². The standard InChI is InChI=1S/C18H18ClF3N2O4S/c1-10(2)9-28-17-15(19)7-12(8-23-17)13-5-4-11(6-14(13)18(20,21)22)16(25)24-29(3,26)27/h4-8,10H,9H2,1-3H3,(H,24,25). The number of nitrogens with zero attached hydrogens (tertiary/aromatic N) is 1. The number of hydrogen-bond acceptors (Lipinski definition) is 5. The first-order chi connectivity index (χ1) is 13.3. The lowest BCUT2D eigenvalue weighted by Gasteiger charge is -2.15.